The normalized spacial score (nSPS) is 14.8. The van der Waals surface area contributed by atoms with Gasteiger partial charge in [0, 0.05) is 25.2 Å². The quantitative estimate of drug-likeness (QED) is 0.256. The highest BCUT2D eigenvalue weighted by molar-refractivity contribution is 7.80. The third-order valence-electron chi connectivity index (χ3n) is 3.98. The summed E-state index contributed by atoms with van der Waals surface area (Å²) in [5, 5.41) is 11.6. The predicted octanol–water partition coefficient (Wildman–Crippen LogP) is 3.11. The predicted molar refractivity (Wildman–Crippen MR) is 102 cm³/mol. The molecule has 0 N–H and O–H groups in total. The molecule has 2 amide bonds. The van der Waals surface area contributed by atoms with Crippen molar-refractivity contribution in [3.63, 3.8) is 0 Å². The lowest BCUT2D eigenvalue weighted by Gasteiger charge is -2.31. The summed E-state index contributed by atoms with van der Waals surface area (Å²) in [7, 11) is 2.93. The van der Waals surface area contributed by atoms with Gasteiger partial charge < -0.3 is 4.42 Å². The number of benzene rings is 1. The number of amides is 2. The maximum absolute atomic E-state index is 12.3. The van der Waals surface area contributed by atoms with Crippen molar-refractivity contribution in [1.82, 2.24) is 9.80 Å². The smallest absolute Gasteiger partial charge is 0.281 e. The largest absolute Gasteiger partial charge is 0.456 e. The molecule has 8 nitrogen and oxygen atoms in total. The fourth-order valence-electron chi connectivity index (χ4n) is 2.56. The van der Waals surface area contributed by atoms with E-state index in [-0.39, 0.29) is 38.5 Å². The molecule has 1 aromatic carbocycles. The Morgan fingerprint density at radius 3 is 2.37 bits per heavy atom. The van der Waals surface area contributed by atoms with Gasteiger partial charge in [-0.1, -0.05) is 11.6 Å². The van der Waals surface area contributed by atoms with Gasteiger partial charge in [0.1, 0.15) is 17.1 Å². The van der Waals surface area contributed by atoms with Crippen LogP contribution in [0.2, 0.25) is 5.02 Å². The summed E-state index contributed by atoms with van der Waals surface area (Å²) in [6.45, 7) is 0. The summed E-state index contributed by atoms with van der Waals surface area (Å²) in [6.07, 6.45) is 1.28. The molecule has 138 valence electrons. The first-order valence-corrected chi connectivity index (χ1v) is 8.35. The number of rotatable bonds is 3. The van der Waals surface area contributed by atoms with Crippen molar-refractivity contribution in [3.05, 3.63) is 56.8 Å². The van der Waals surface area contributed by atoms with Crippen LogP contribution >= 0.6 is 23.8 Å². The number of nitrogens with zero attached hydrogens (tertiary/aromatic N) is 3. The van der Waals surface area contributed by atoms with Gasteiger partial charge >= 0.3 is 0 Å². The fourth-order valence-corrected chi connectivity index (χ4v) is 2.89. The van der Waals surface area contributed by atoms with E-state index in [9.17, 15) is 19.7 Å². The number of thiocarbonyl (C=S) groups is 1. The van der Waals surface area contributed by atoms with Gasteiger partial charge in [-0.3, -0.25) is 29.5 Å². The van der Waals surface area contributed by atoms with Crippen LogP contribution in [0.4, 0.5) is 5.69 Å². The Kier molecular flexibility index (Phi) is 4.81. The molecule has 1 fully saturated rings. The van der Waals surface area contributed by atoms with E-state index in [0.717, 1.165) is 0 Å². The van der Waals surface area contributed by atoms with Gasteiger partial charge in [0.15, 0.2) is 5.11 Å². The maximum atomic E-state index is 12.3. The lowest BCUT2D eigenvalue weighted by molar-refractivity contribution is -0.384. The first-order valence-electron chi connectivity index (χ1n) is 7.56. The number of hydrogen-bond acceptors (Lipinski definition) is 6. The van der Waals surface area contributed by atoms with E-state index in [2.05, 4.69) is 0 Å². The monoisotopic (exact) mass is 405 g/mol. The zero-order valence-electron chi connectivity index (χ0n) is 14.1. The number of carbonyl (C=O) groups is 2. The number of furan rings is 1. The highest BCUT2D eigenvalue weighted by atomic mass is 35.5. The summed E-state index contributed by atoms with van der Waals surface area (Å²) < 4.78 is 5.60. The first-order chi connectivity index (χ1) is 12.7. The average Bonchev–Trinajstić information content (AvgIpc) is 3.10. The van der Waals surface area contributed by atoms with Crippen LogP contribution in [0.1, 0.15) is 5.76 Å². The molecule has 3 rings (SSSR count). The van der Waals surface area contributed by atoms with E-state index in [1.807, 2.05) is 0 Å². The van der Waals surface area contributed by atoms with Gasteiger partial charge in [-0.15, -0.1) is 0 Å². The van der Waals surface area contributed by atoms with E-state index >= 15 is 0 Å². The minimum Gasteiger partial charge on any atom is -0.456 e. The molecule has 1 aliphatic heterocycles. The Hall–Kier alpha value is -3.04. The van der Waals surface area contributed by atoms with Crippen molar-refractivity contribution in [1.29, 1.82) is 0 Å². The van der Waals surface area contributed by atoms with Crippen molar-refractivity contribution < 1.29 is 18.9 Å². The SMILES string of the molecule is CN1C(=O)C(=Cc2ccc(-c3ccc(Cl)cc3[N+](=O)[O-])o2)C(=O)N(C)C1=S. The molecule has 1 aliphatic rings. The maximum Gasteiger partial charge on any atom is 0.281 e. The van der Waals surface area contributed by atoms with Gasteiger partial charge in [-0.05, 0) is 42.6 Å². The number of hydrogen-bond donors (Lipinski definition) is 0. The second-order valence-corrected chi connectivity index (χ2v) is 6.49. The van der Waals surface area contributed by atoms with Crippen molar-refractivity contribution in [3.8, 4) is 11.3 Å². The van der Waals surface area contributed by atoms with Crippen molar-refractivity contribution in [2.75, 3.05) is 14.1 Å². The number of halogens is 1. The number of nitro groups is 1. The summed E-state index contributed by atoms with van der Waals surface area (Å²) in [5.41, 5.74) is -0.114. The van der Waals surface area contributed by atoms with Crippen LogP contribution in [0.5, 0.6) is 0 Å². The second kappa shape index (κ2) is 6.93. The summed E-state index contributed by atoms with van der Waals surface area (Å²) in [5.74, 6) is -0.712. The Bertz CT molecular complexity index is 1000. The molecule has 0 unspecified atom stereocenters. The summed E-state index contributed by atoms with van der Waals surface area (Å²) >= 11 is 10.8. The van der Waals surface area contributed by atoms with Gasteiger partial charge in [0.25, 0.3) is 17.5 Å². The molecule has 10 heteroatoms. The van der Waals surface area contributed by atoms with E-state index < -0.39 is 16.7 Å². The highest BCUT2D eigenvalue weighted by Gasteiger charge is 2.35. The molecule has 1 saturated heterocycles. The van der Waals surface area contributed by atoms with Gasteiger partial charge in [0.2, 0.25) is 0 Å². The van der Waals surface area contributed by atoms with E-state index in [1.54, 1.807) is 0 Å². The molecule has 0 aliphatic carbocycles. The van der Waals surface area contributed by atoms with Crippen LogP contribution < -0.4 is 0 Å². The second-order valence-electron chi connectivity index (χ2n) is 5.69. The molecule has 0 atom stereocenters. The molecular formula is C17H12ClN3O5S. The molecule has 0 saturated carbocycles. The van der Waals surface area contributed by atoms with Crippen LogP contribution in [0.25, 0.3) is 17.4 Å². The van der Waals surface area contributed by atoms with Crippen LogP contribution in [-0.2, 0) is 9.59 Å². The lowest BCUT2D eigenvalue weighted by atomic mass is 10.1. The van der Waals surface area contributed by atoms with Crippen LogP contribution in [-0.4, -0.2) is 45.7 Å². The van der Waals surface area contributed by atoms with Gasteiger partial charge in [-0.25, -0.2) is 0 Å². The van der Waals surface area contributed by atoms with Crippen LogP contribution in [0.15, 0.2) is 40.3 Å². The topological polar surface area (TPSA) is 96.9 Å². The highest BCUT2D eigenvalue weighted by Crippen LogP contribution is 2.34. The van der Waals surface area contributed by atoms with Crippen LogP contribution in [0.3, 0.4) is 0 Å². The summed E-state index contributed by atoms with van der Waals surface area (Å²) in [4.78, 5) is 37.7. The Morgan fingerprint density at radius 1 is 1.15 bits per heavy atom. The molecule has 1 aromatic heterocycles. The molecule has 0 spiro atoms. The number of carbonyl (C=O) groups excluding carboxylic acids is 2. The van der Waals surface area contributed by atoms with E-state index in [0.29, 0.717) is 0 Å². The molecule has 27 heavy (non-hydrogen) atoms. The molecule has 0 radical (unpaired) electrons. The third kappa shape index (κ3) is 3.34. The fraction of sp³-hybridized carbons (Fsp3) is 0.118. The standard InChI is InChI=1S/C17H12ClN3O5S/c1-19-15(22)12(16(23)20(2)17(19)27)8-10-4-6-14(26-10)11-5-3-9(18)7-13(11)21(24)25/h3-8H,1-2H3. The average molecular weight is 406 g/mol. The number of nitro benzene ring substituents is 1. The van der Waals surface area contributed by atoms with Crippen molar-refractivity contribution in [2.24, 2.45) is 0 Å². The van der Waals surface area contributed by atoms with Crippen molar-refractivity contribution in [2.45, 2.75) is 0 Å². The zero-order valence-corrected chi connectivity index (χ0v) is 15.7. The third-order valence-corrected chi connectivity index (χ3v) is 4.76. The Balaban J connectivity index is 2.01. The lowest BCUT2D eigenvalue weighted by Crippen LogP contribution is -2.52. The molecule has 2 aromatic rings. The number of likely N-dealkylation sites (N-methyl/N-ethyl adjacent to an activating group) is 2. The first kappa shape index (κ1) is 18.7. The van der Waals surface area contributed by atoms with Crippen molar-refractivity contribution >= 4 is 52.5 Å². The zero-order chi connectivity index (χ0) is 19.9. The van der Waals surface area contributed by atoms with E-state index in [4.69, 9.17) is 28.2 Å². The van der Waals surface area contributed by atoms with Crippen LogP contribution in [0, 0.1) is 10.1 Å². The molecule has 2 heterocycles. The Labute approximate surface area is 163 Å². The summed E-state index contributed by atoms with van der Waals surface area (Å²) in [6, 6.07) is 7.21. The van der Waals surface area contributed by atoms with Gasteiger partial charge in [0.05, 0.1) is 10.5 Å². The minimum atomic E-state index is -0.569. The molecular weight excluding hydrogens is 394 g/mol. The van der Waals surface area contributed by atoms with Gasteiger partial charge in [-0.2, -0.15) is 0 Å². The van der Waals surface area contributed by atoms with E-state index in [1.165, 1.54) is 60.3 Å². The molecule has 0 bridgehead atoms. The minimum absolute atomic E-state index is 0.0964. The Morgan fingerprint density at radius 2 is 1.78 bits per heavy atom.